The normalized spacial score (nSPS) is 17.4. The summed E-state index contributed by atoms with van der Waals surface area (Å²) >= 11 is 0. The molecule has 8 nitrogen and oxygen atoms in total. The van der Waals surface area contributed by atoms with Gasteiger partial charge in [0, 0.05) is 43.0 Å². The molecule has 3 rings (SSSR count). The van der Waals surface area contributed by atoms with E-state index in [0.29, 0.717) is 5.56 Å². The first-order chi connectivity index (χ1) is 12.4. The molecule has 3 N–H and O–H groups in total. The molecule has 1 aromatic heterocycles. The summed E-state index contributed by atoms with van der Waals surface area (Å²) in [5.74, 6) is -0.265. The number of nitrogens with one attached hydrogen (secondary N) is 3. The second-order valence-electron chi connectivity index (χ2n) is 6.39. The van der Waals surface area contributed by atoms with Crippen molar-refractivity contribution in [1.29, 1.82) is 0 Å². The second-order valence-corrected chi connectivity index (χ2v) is 8.16. The molecule has 1 aliphatic heterocycles. The van der Waals surface area contributed by atoms with Gasteiger partial charge in [0.15, 0.2) is 0 Å². The van der Waals surface area contributed by atoms with Crippen LogP contribution in [-0.2, 0) is 23.6 Å². The molecule has 140 valence electrons. The Morgan fingerprint density at radius 2 is 2.23 bits per heavy atom. The lowest BCUT2D eigenvalue weighted by Crippen LogP contribution is -2.36. The topological polar surface area (TPSA) is 105 Å². The van der Waals surface area contributed by atoms with Crippen LogP contribution in [0.15, 0.2) is 35.4 Å². The molecule has 0 spiro atoms. The molecule has 1 aliphatic rings. The van der Waals surface area contributed by atoms with E-state index >= 15 is 0 Å². The van der Waals surface area contributed by atoms with Crippen molar-refractivity contribution in [3.63, 3.8) is 0 Å². The fourth-order valence-electron chi connectivity index (χ4n) is 2.82. The lowest BCUT2D eigenvalue weighted by atomic mass is 10.2. The van der Waals surface area contributed by atoms with Crippen LogP contribution in [-0.4, -0.2) is 43.2 Å². The maximum absolute atomic E-state index is 12.6. The van der Waals surface area contributed by atoms with Crippen LogP contribution >= 0.6 is 0 Å². The van der Waals surface area contributed by atoms with E-state index in [0.717, 1.165) is 30.8 Å². The number of hydrogen-bond acceptors (Lipinski definition) is 5. The number of hydrogen-bond donors (Lipinski definition) is 3. The SMILES string of the molecule is Cc1c(CNS(=O)(=O)c2cccc(C(=O)NC3CCNC3)c2)cnn1C. The first kappa shape index (κ1) is 18.6. The smallest absolute Gasteiger partial charge is 0.251 e. The van der Waals surface area contributed by atoms with E-state index in [-0.39, 0.29) is 23.4 Å². The number of aryl methyl sites for hydroxylation is 1. The van der Waals surface area contributed by atoms with Crippen molar-refractivity contribution in [3.8, 4) is 0 Å². The summed E-state index contributed by atoms with van der Waals surface area (Å²) in [5, 5.41) is 10.2. The molecular weight excluding hydrogens is 354 g/mol. The summed E-state index contributed by atoms with van der Waals surface area (Å²) in [7, 11) is -1.93. The van der Waals surface area contributed by atoms with Gasteiger partial charge >= 0.3 is 0 Å². The third-order valence-corrected chi connectivity index (χ3v) is 5.99. The minimum absolute atomic E-state index is 0.0660. The summed E-state index contributed by atoms with van der Waals surface area (Å²) < 4.78 is 29.4. The quantitative estimate of drug-likeness (QED) is 0.671. The molecule has 0 saturated carbocycles. The summed E-state index contributed by atoms with van der Waals surface area (Å²) in [6.45, 7) is 3.62. The van der Waals surface area contributed by atoms with Gasteiger partial charge < -0.3 is 10.6 Å². The molecular formula is C17H23N5O3S. The van der Waals surface area contributed by atoms with Crippen LogP contribution in [0.4, 0.5) is 0 Å². The predicted molar refractivity (Wildman–Crippen MR) is 97.2 cm³/mol. The van der Waals surface area contributed by atoms with Crippen LogP contribution in [0.25, 0.3) is 0 Å². The van der Waals surface area contributed by atoms with Gasteiger partial charge in [-0.1, -0.05) is 6.07 Å². The lowest BCUT2D eigenvalue weighted by Gasteiger charge is -2.12. The van der Waals surface area contributed by atoms with Crippen molar-refractivity contribution < 1.29 is 13.2 Å². The minimum atomic E-state index is -3.73. The van der Waals surface area contributed by atoms with Crippen LogP contribution in [0.2, 0.25) is 0 Å². The molecule has 0 bridgehead atoms. The van der Waals surface area contributed by atoms with E-state index in [1.54, 1.807) is 30.1 Å². The Kier molecular flexibility index (Phi) is 5.40. The second kappa shape index (κ2) is 7.56. The average molecular weight is 377 g/mol. The van der Waals surface area contributed by atoms with Crippen molar-refractivity contribution in [3.05, 3.63) is 47.3 Å². The number of sulfonamides is 1. The zero-order valence-electron chi connectivity index (χ0n) is 14.8. The number of aromatic nitrogens is 2. The van der Waals surface area contributed by atoms with E-state index in [9.17, 15) is 13.2 Å². The number of benzene rings is 1. The first-order valence-corrected chi connectivity index (χ1v) is 9.94. The highest BCUT2D eigenvalue weighted by Gasteiger charge is 2.20. The zero-order chi connectivity index (χ0) is 18.7. The van der Waals surface area contributed by atoms with E-state index in [1.807, 2.05) is 6.92 Å². The van der Waals surface area contributed by atoms with Crippen LogP contribution in [0, 0.1) is 6.92 Å². The molecule has 1 amide bonds. The Labute approximate surface area is 153 Å². The molecule has 9 heteroatoms. The van der Waals surface area contributed by atoms with E-state index in [4.69, 9.17) is 0 Å². The van der Waals surface area contributed by atoms with Crippen LogP contribution in [0.3, 0.4) is 0 Å². The maximum Gasteiger partial charge on any atom is 0.251 e. The molecule has 1 aromatic carbocycles. The average Bonchev–Trinajstić information content (AvgIpc) is 3.24. The van der Waals surface area contributed by atoms with Gasteiger partial charge in [-0.2, -0.15) is 5.10 Å². The fourth-order valence-corrected chi connectivity index (χ4v) is 3.88. The molecule has 1 unspecified atom stereocenters. The highest BCUT2D eigenvalue weighted by Crippen LogP contribution is 2.14. The third kappa shape index (κ3) is 4.12. The predicted octanol–water partition coefficient (Wildman–Crippen LogP) is 0.299. The maximum atomic E-state index is 12.6. The largest absolute Gasteiger partial charge is 0.348 e. The van der Waals surface area contributed by atoms with Gasteiger partial charge in [-0.05, 0) is 38.1 Å². The Morgan fingerprint density at radius 3 is 2.88 bits per heavy atom. The minimum Gasteiger partial charge on any atom is -0.348 e. The Bertz CT molecular complexity index is 901. The molecule has 1 atom stereocenters. The third-order valence-electron chi connectivity index (χ3n) is 4.59. The van der Waals surface area contributed by atoms with E-state index < -0.39 is 10.0 Å². The van der Waals surface area contributed by atoms with Crippen molar-refractivity contribution in [1.82, 2.24) is 25.1 Å². The molecule has 0 radical (unpaired) electrons. The Hall–Kier alpha value is -2.23. The Morgan fingerprint density at radius 1 is 1.42 bits per heavy atom. The molecule has 0 aliphatic carbocycles. The van der Waals surface area contributed by atoms with Gasteiger partial charge in [0.25, 0.3) is 5.91 Å². The Balaban J connectivity index is 1.71. The number of rotatable bonds is 6. The van der Waals surface area contributed by atoms with E-state index in [1.165, 1.54) is 12.1 Å². The van der Waals surface area contributed by atoms with Gasteiger partial charge in [0.2, 0.25) is 10.0 Å². The summed E-state index contributed by atoms with van der Waals surface area (Å²) in [6, 6.07) is 6.14. The first-order valence-electron chi connectivity index (χ1n) is 8.45. The summed E-state index contributed by atoms with van der Waals surface area (Å²) in [5.41, 5.74) is 2.03. The number of amides is 1. The van der Waals surface area contributed by atoms with E-state index in [2.05, 4.69) is 20.5 Å². The van der Waals surface area contributed by atoms with Crippen LogP contribution in [0.1, 0.15) is 28.0 Å². The van der Waals surface area contributed by atoms with Crippen molar-refractivity contribution in [2.24, 2.45) is 7.05 Å². The number of nitrogens with zero attached hydrogens (tertiary/aromatic N) is 2. The molecule has 2 heterocycles. The fraction of sp³-hybridized carbons (Fsp3) is 0.412. The number of carbonyl (C=O) groups is 1. The van der Waals surface area contributed by atoms with Gasteiger partial charge in [0.1, 0.15) is 0 Å². The summed E-state index contributed by atoms with van der Waals surface area (Å²) in [4.78, 5) is 12.4. The highest BCUT2D eigenvalue weighted by atomic mass is 32.2. The molecule has 1 fully saturated rings. The molecule has 1 saturated heterocycles. The van der Waals surface area contributed by atoms with Crippen LogP contribution < -0.4 is 15.4 Å². The lowest BCUT2D eigenvalue weighted by molar-refractivity contribution is 0.0940. The van der Waals surface area contributed by atoms with Crippen molar-refractivity contribution in [2.45, 2.75) is 30.8 Å². The standard InChI is InChI=1S/C17H23N5O3S/c1-12-14(9-19-22(12)2)10-20-26(24,25)16-5-3-4-13(8-16)17(23)21-15-6-7-18-11-15/h3-5,8-9,15,18,20H,6-7,10-11H2,1-2H3,(H,21,23). The van der Waals surface area contributed by atoms with Crippen molar-refractivity contribution >= 4 is 15.9 Å². The van der Waals surface area contributed by atoms with Gasteiger partial charge in [-0.3, -0.25) is 9.48 Å². The molecule has 2 aromatic rings. The van der Waals surface area contributed by atoms with Crippen molar-refractivity contribution in [2.75, 3.05) is 13.1 Å². The zero-order valence-corrected chi connectivity index (χ0v) is 15.6. The van der Waals surface area contributed by atoms with Gasteiger partial charge in [-0.25, -0.2) is 13.1 Å². The monoisotopic (exact) mass is 377 g/mol. The van der Waals surface area contributed by atoms with Gasteiger partial charge in [-0.15, -0.1) is 0 Å². The number of carbonyl (C=O) groups excluding carboxylic acids is 1. The van der Waals surface area contributed by atoms with Crippen LogP contribution in [0.5, 0.6) is 0 Å². The van der Waals surface area contributed by atoms with Gasteiger partial charge in [0.05, 0.1) is 11.1 Å². The highest BCUT2D eigenvalue weighted by molar-refractivity contribution is 7.89. The summed E-state index contributed by atoms with van der Waals surface area (Å²) in [6.07, 6.45) is 2.51. The molecule has 26 heavy (non-hydrogen) atoms.